The van der Waals surface area contributed by atoms with Crippen molar-refractivity contribution in [2.24, 2.45) is 5.92 Å². The molecule has 0 atom stereocenters. The van der Waals surface area contributed by atoms with E-state index >= 15 is 0 Å². The smallest absolute Gasteiger partial charge is 0.243 e. The summed E-state index contributed by atoms with van der Waals surface area (Å²) in [4.78, 5) is 12.5. The molecule has 6 nitrogen and oxygen atoms in total. The van der Waals surface area contributed by atoms with Gasteiger partial charge >= 0.3 is 0 Å². The minimum absolute atomic E-state index is 0.110. The molecule has 1 amide bonds. The quantitative estimate of drug-likeness (QED) is 0.747. The maximum Gasteiger partial charge on any atom is 0.243 e. The Labute approximate surface area is 172 Å². The van der Waals surface area contributed by atoms with E-state index in [4.69, 9.17) is 4.74 Å². The van der Waals surface area contributed by atoms with Crippen molar-refractivity contribution in [3.05, 3.63) is 54.1 Å². The fourth-order valence-corrected chi connectivity index (χ4v) is 4.83. The zero-order valence-electron chi connectivity index (χ0n) is 16.9. The van der Waals surface area contributed by atoms with Gasteiger partial charge in [-0.05, 0) is 67.1 Å². The standard InChI is InChI=1S/C22H28N2O4S/c1-17-13-15-24(16-14-17)29(26,27)21-10-6-19(7-11-21)23-22(25)12-5-18-3-8-20(28-2)9-4-18/h3-4,6-11,17H,5,12-16H2,1-2H3,(H,23,25). The Hall–Kier alpha value is -2.38. The number of nitrogens with zero attached hydrogens (tertiary/aromatic N) is 1. The number of benzene rings is 2. The Morgan fingerprint density at radius 3 is 2.28 bits per heavy atom. The molecule has 7 heteroatoms. The highest BCUT2D eigenvalue weighted by molar-refractivity contribution is 7.89. The predicted molar refractivity (Wildman–Crippen MR) is 114 cm³/mol. The number of carbonyl (C=O) groups excluding carboxylic acids is 1. The topological polar surface area (TPSA) is 75.7 Å². The Bertz CT molecular complexity index is 916. The van der Waals surface area contributed by atoms with Crippen LogP contribution >= 0.6 is 0 Å². The van der Waals surface area contributed by atoms with Crippen LogP contribution in [0.25, 0.3) is 0 Å². The van der Waals surface area contributed by atoms with Crippen molar-refractivity contribution in [3.63, 3.8) is 0 Å². The summed E-state index contributed by atoms with van der Waals surface area (Å²) in [5, 5.41) is 2.83. The van der Waals surface area contributed by atoms with E-state index in [1.54, 1.807) is 35.7 Å². The maximum atomic E-state index is 12.8. The van der Waals surface area contributed by atoms with Crippen LogP contribution in [0.4, 0.5) is 5.69 Å². The molecule has 1 saturated heterocycles. The molecule has 0 aromatic heterocycles. The second kappa shape index (κ2) is 9.41. The highest BCUT2D eigenvalue weighted by Crippen LogP contribution is 2.24. The molecule has 2 aromatic carbocycles. The highest BCUT2D eigenvalue weighted by Gasteiger charge is 2.27. The van der Waals surface area contributed by atoms with Gasteiger partial charge in [0.25, 0.3) is 0 Å². The maximum absolute atomic E-state index is 12.8. The van der Waals surface area contributed by atoms with E-state index in [0.717, 1.165) is 24.2 Å². The first kappa shape index (κ1) is 21.3. The third kappa shape index (κ3) is 5.58. The molecule has 0 radical (unpaired) electrons. The van der Waals surface area contributed by atoms with Crippen LogP contribution in [-0.2, 0) is 21.2 Å². The van der Waals surface area contributed by atoms with Gasteiger partial charge in [0.15, 0.2) is 0 Å². The average Bonchev–Trinajstić information content (AvgIpc) is 2.73. The minimum atomic E-state index is -3.47. The minimum Gasteiger partial charge on any atom is -0.497 e. The van der Waals surface area contributed by atoms with E-state index < -0.39 is 10.0 Å². The van der Waals surface area contributed by atoms with Gasteiger partial charge in [-0.15, -0.1) is 0 Å². The number of piperidine rings is 1. The molecule has 2 aromatic rings. The predicted octanol–water partition coefficient (Wildman–Crippen LogP) is 3.69. The molecule has 29 heavy (non-hydrogen) atoms. The van der Waals surface area contributed by atoms with Crippen molar-refractivity contribution in [2.75, 3.05) is 25.5 Å². The van der Waals surface area contributed by atoms with Gasteiger partial charge in [0.1, 0.15) is 5.75 Å². The van der Waals surface area contributed by atoms with E-state index in [0.29, 0.717) is 37.5 Å². The second-order valence-corrected chi connectivity index (χ2v) is 9.45. The van der Waals surface area contributed by atoms with Gasteiger partial charge in [-0.2, -0.15) is 4.31 Å². The van der Waals surface area contributed by atoms with Crippen LogP contribution in [0, 0.1) is 5.92 Å². The number of anilines is 1. The van der Waals surface area contributed by atoms with Gasteiger partial charge in [0.05, 0.1) is 12.0 Å². The van der Waals surface area contributed by atoms with Crippen LogP contribution in [0.3, 0.4) is 0 Å². The molecule has 1 aliphatic rings. The number of sulfonamides is 1. The third-order valence-corrected chi connectivity index (χ3v) is 7.23. The van der Waals surface area contributed by atoms with Crippen LogP contribution in [0.2, 0.25) is 0 Å². The van der Waals surface area contributed by atoms with Crippen molar-refractivity contribution in [1.29, 1.82) is 0 Å². The van der Waals surface area contributed by atoms with Gasteiger partial charge in [-0.25, -0.2) is 8.42 Å². The number of ether oxygens (including phenoxy) is 1. The molecule has 0 aliphatic carbocycles. The average molecular weight is 417 g/mol. The van der Waals surface area contributed by atoms with Crippen molar-refractivity contribution in [3.8, 4) is 5.75 Å². The zero-order valence-corrected chi connectivity index (χ0v) is 17.7. The summed E-state index contributed by atoms with van der Waals surface area (Å²) >= 11 is 0. The Morgan fingerprint density at radius 2 is 1.69 bits per heavy atom. The summed E-state index contributed by atoms with van der Waals surface area (Å²) in [7, 11) is -1.86. The monoisotopic (exact) mass is 416 g/mol. The van der Waals surface area contributed by atoms with Gasteiger partial charge in [0, 0.05) is 25.2 Å². The van der Waals surface area contributed by atoms with Crippen LogP contribution < -0.4 is 10.1 Å². The van der Waals surface area contributed by atoms with E-state index in [9.17, 15) is 13.2 Å². The van der Waals surface area contributed by atoms with Crippen molar-refractivity contribution >= 4 is 21.6 Å². The SMILES string of the molecule is COc1ccc(CCC(=O)Nc2ccc(S(=O)(=O)N3CCC(C)CC3)cc2)cc1. The van der Waals surface area contributed by atoms with Gasteiger partial charge in [-0.3, -0.25) is 4.79 Å². The first-order valence-electron chi connectivity index (χ1n) is 9.91. The Balaban J connectivity index is 1.54. The van der Waals surface area contributed by atoms with Gasteiger partial charge in [0.2, 0.25) is 15.9 Å². The highest BCUT2D eigenvalue weighted by atomic mass is 32.2. The van der Waals surface area contributed by atoms with E-state index in [2.05, 4.69) is 12.2 Å². The number of carbonyl (C=O) groups is 1. The van der Waals surface area contributed by atoms with E-state index in [-0.39, 0.29) is 10.8 Å². The van der Waals surface area contributed by atoms with Crippen LogP contribution in [0.5, 0.6) is 5.75 Å². The second-order valence-electron chi connectivity index (χ2n) is 7.51. The number of aryl methyl sites for hydroxylation is 1. The Morgan fingerprint density at radius 1 is 1.07 bits per heavy atom. The van der Waals surface area contributed by atoms with Gasteiger partial charge < -0.3 is 10.1 Å². The largest absolute Gasteiger partial charge is 0.497 e. The number of amides is 1. The van der Waals surface area contributed by atoms with Crippen LogP contribution in [-0.4, -0.2) is 38.8 Å². The molecule has 1 fully saturated rings. The number of rotatable bonds is 7. The molecule has 1 heterocycles. The molecular weight excluding hydrogens is 388 g/mol. The number of nitrogens with one attached hydrogen (secondary N) is 1. The lowest BCUT2D eigenvalue weighted by Crippen LogP contribution is -2.37. The van der Waals surface area contributed by atoms with Crippen LogP contribution in [0.1, 0.15) is 31.7 Å². The molecule has 0 bridgehead atoms. The summed E-state index contributed by atoms with van der Waals surface area (Å²) in [5.41, 5.74) is 1.65. The number of hydrogen-bond donors (Lipinski definition) is 1. The summed E-state index contributed by atoms with van der Waals surface area (Å²) < 4.78 is 32.2. The lowest BCUT2D eigenvalue weighted by molar-refractivity contribution is -0.116. The Kier molecular flexibility index (Phi) is 6.92. The lowest BCUT2D eigenvalue weighted by Gasteiger charge is -2.29. The first-order valence-corrected chi connectivity index (χ1v) is 11.4. The molecular formula is C22H28N2O4S. The third-order valence-electron chi connectivity index (χ3n) is 5.32. The van der Waals surface area contributed by atoms with E-state index in [1.807, 2.05) is 24.3 Å². The molecule has 1 N–H and O–H groups in total. The fourth-order valence-electron chi connectivity index (χ4n) is 3.36. The molecule has 156 valence electrons. The zero-order chi connectivity index (χ0) is 20.9. The number of hydrogen-bond acceptors (Lipinski definition) is 4. The summed E-state index contributed by atoms with van der Waals surface area (Å²) in [6.45, 7) is 3.27. The molecule has 3 rings (SSSR count). The summed E-state index contributed by atoms with van der Waals surface area (Å²) in [6.07, 6.45) is 2.75. The van der Waals surface area contributed by atoms with Crippen molar-refractivity contribution < 1.29 is 17.9 Å². The van der Waals surface area contributed by atoms with Gasteiger partial charge in [-0.1, -0.05) is 19.1 Å². The lowest BCUT2D eigenvalue weighted by atomic mass is 10.0. The molecule has 1 aliphatic heterocycles. The summed E-state index contributed by atoms with van der Waals surface area (Å²) in [5.74, 6) is 1.24. The molecule has 0 saturated carbocycles. The van der Waals surface area contributed by atoms with Crippen LogP contribution in [0.15, 0.2) is 53.4 Å². The van der Waals surface area contributed by atoms with E-state index in [1.165, 1.54) is 0 Å². The fraction of sp³-hybridized carbons (Fsp3) is 0.409. The van der Waals surface area contributed by atoms with Crippen molar-refractivity contribution in [2.45, 2.75) is 37.5 Å². The summed E-state index contributed by atoms with van der Waals surface area (Å²) in [6, 6.07) is 14.0. The van der Waals surface area contributed by atoms with Crippen molar-refractivity contribution in [1.82, 2.24) is 4.31 Å². The normalized spacial score (nSPS) is 15.8. The molecule has 0 spiro atoms. The first-order chi connectivity index (χ1) is 13.9. The number of methoxy groups -OCH3 is 1. The molecule has 0 unspecified atom stereocenters.